The van der Waals surface area contributed by atoms with Crippen molar-refractivity contribution in [1.29, 1.82) is 0 Å². The molecule has 0 saturated heterocycles. The van der Waals surface area contributed by atoms with E-state index in [1.165, 1.54) is 13.4 Å². The summed E-state index contributed by atoms with van der Waals surface area (Å²) in [7, 11) is 1.54. The van der Waals surface area contributed by atoms with Crippen molar-refractivity contribution in [2.75, 3.05) is 31.4 Å². The van der Waals surface area contributed by atoms with Gasteiger partial charge < -0.3 is 20.5 Å². The Morgan fingerprint density at radius 3 is 2.88 bits per heavy atom. The average Bonchev–Trinajstić information content (AvgIpc) is 2.27. The number of rotatable bonds is 6. The second-order valence-electron chi connectivity index (χ2n) is 3.35. The zero-order valence-corrected chi connectivity index (χ0v) is 9.86. The molecule has 0 saturated carbocycles. The SMILES string of the molecule is CCOCC(C)Nc1ncnc(N)c1OC. The van der Waals surface area contributed by atoms with Crippen molar-refractivity contribution in [1.82, 2.24) is 9.97 Å². The van der Waals surface area contributed by atoms with Crippen molar-refractivity contribution in [3.8, 4) is 5.75 Å². The Hall–Kier alpha value is -1.56. The van der Waals surface area contributed by atoms with Crippen LogP contribution in [0.3, 0.4) is 0 Å². The molecule has 16 heavy (non-hydrogen) atoms. The van der Waals surface area contributed by atoms with Crippen LogP contribution in [0, 0.1) is 0 Å². The van der Waals surface area contributed by atoms with Gasteiger partial charge in [-0.2, -0.15) is 0 Å². The minimum atomic E-state index is 0.128. The van der Waals surface area contributed by atoms with E-state index in [1.54, 1.807) is 0 Å². The third-order valence-corrected chi connectivity index (χ3v) is 1.99. The minimum Gasteiger partial charge on any atom is -0.490 e. The first-order valence-corrected chi connectivity index (χ1v) is 5.17. The first-order chi connectivity index (χ1) is 7.69. The topological polar surface area (TPSA) is 82.3 Å². The van der Waals surface area contributed by atoms with Crippen molar-refractivity contribution < 1.29 is 9.47 Å². The second kappa shape index (κ2) is 6.12. The van der Waals surface area contributed by atoms with Gasteiger partial charge in [0.05, 0.1) is 13.7 Å². The lowest BCUT2D eigenvalue weighted by Crippen LogP contribution is -2.23. The number of nitrogens with one attached hydrogen (secondary N) is 1. The molecule has 0 aliphatic rings. The molecule has 0 aliphatic heterocycles. The first-order valence-electron chi connectivity index (χ1n) is 5.17. The quantitative estimate of drug-likeness (QED) is 0.750. The van der Waals surface area contributed by atoms with Gasteiger partial charge in [-0.05, 0) is 13.8 Å². The molecule has 1 aromatic rings. The summed E-state index contributed by atoms with van der Waals surface area (Å²) in [6.45, 7) is 5.24. The maximum atomic E-state index is 5.66. The van der Waals surface area contributed by atoms with Crippen LogP contribution in [0.5, 0.6) is 5.75 Å². The lowest BCUT2D eigenvalue weighted by atomic mass is 10.3. The lowest BCUT2D eigenvalue weighted by Gasteiger charge is -2.16. The van der Waals surface area contributed by atoms with Gasteiger partial charge in [-0.15, -0.1) is 0 Å². The van der Waals surface area contributed by atoms with Gasteiger partial charge in [-0.25, -0.2) is 9.97 Å². The third kappa shape index (κ3) is 3.23. The highest BCUT2D eigenvalue weighted by Gasteiger charge is 2.11. The van der Waals surface area contributed by atoms with Gasteiger partial charge >= 0.3 is 0 Å². The molecular weight excluding hydrogens is 208 g/mol. The van der Waals surface area contributed by atoms with Crippen molar-refractivity contribution in [2.24, 2.45) is 0 Å². The summed E-state index contributed by atoms with van der Waals surface area (Å²) in [4.78, 5) is 7.93. The maximum Gasteiger partial charge on any atom is 0.203 e. The van der Waals surface area contributed by atoms with E-state index in [9.17, 15) is 0 Å². The summed E-state index contributed by atoms with van der Waals surface area (Å²) in [6, 6.07) is 0.128. The molecule has 3 N–H and O–H groups in total. The molecule has 1 heterocycles. The predicted octanol–water partition coefficient (Wildman–Crippen LogP) is 0.904. The molecule has 1 rings (SSSR count). The van der Waals surface area contributed by atoms with Crippen LogP contribution in [0.4, 0.5) is 11.6 Å². The summed E-state index contributed by atoms with van der Waals surface area (Å²) in [5.74, 6) is 1.37. The Kier molecular flexibility index (Phi) is 4.78. The van der Waals surface area contributed by atoms with Crippen molar-refractivity contribution in [2.45, 2.75) is 19.9 Å². The van der Waals surface area contributed by atoms with Gasteiger partial charge in [0, 0.05) is 12.6 Å². The normalized spacial score (nSPS) is 12.2. The summed E-state index contributed by atoms with van der Waals surface area (Å²) in [5.41, 5.74) is 5.66. The van der Waals surface area contributed by atoms with Crippen LogP contribution in [0.25, 0.3) is 0 Å². The summed E-state index contributed by atoms with van der Waals surface area (Å²) in [5, 5.41) is 3.16. The number of aromatic nitrogens is 2. The maximum absolute atomic E-state index is 5.66. The van der Waals surface area contributed by atoms with E-state index in [0.717, 1.165) is 0 Å². The molecule has 0 bridgehead atoms. The first kappa shape index (κ1) is 12.5. The largest absolute Gasteiger partial charge is 0.490 e. The molecule has 0 aromatic carbocycles. The second-order valence-corrected chi connectivity index (χ2v) is 3.35. The van der Waals surface area contributed by atoms with Crippen LogP contribution in [0.15, 0.2) is 6.33 Å². The Labute approximate surface area is 95.2 Å². The number of hydrogen-bond acceptors (Lipinski definition) is 6. The van der Waals surface area contributed by atoms with Crippen molar-refractivity contribution in [3.05, 3.63) is 6.33 Å². The highest BCUT2D eigenvalue weighted by Crippen LogP contribution is 2.26. The molecule has 6 nitrogen and oxygen atoms in total. The zero-order valence-electron chi connectivity index (χ0n) is 9.86. The number of hydrogen-bond donors (Lipinski definition) is 2. The van der Waals surface area contributed by atoms with Gasteiger partial charge in [0.2, 0.25) is 5.75 Å². The standard InChI is InChI=1S/C10H18N4O2/c1-4-16-5-7(2)14-10-8(15-3)9(11)12-6-13-10/h6-7H,4-5H2,1-3H3,(H3,11,12,13,14). The van der Waals surface area contributed by atoms with Crippen LogP contribution in [-0.2, 0) is 4.74 Å². The van der Waals surface area contributed by atoms with Crippen LogP contribution in [0.2, 0.25) is 0 Å². The van der Waals surface area contributed by atoms with Crippen LogP contribution >= 0.6 is 0 Å². The predicted molar refractivity (Wildman–Crippen MR) is 62.6 cm³/mol. The monoisotopic (exact) mass is 226 g/mol. The molecule has 0 spiro atoms. The fraction of sp³-hybridized carbons (Fsp3) is 0.600. The Morgan fingerprint density at radius 2 is 2.25 bits per heavy atom. The molecule has 6 heteroatoms. The number of anilines is 2. The van der Waals surface area contributed by atoms with E-state index < -0.39 is 0 Å². The van der Waals surface area contributed by atoms with E-state index in [-0.39, 0.29) is 6.04 Å². The van der Waals surface area contributed by atoms with Crippen LogP contribution in [-0.4, -0.2) is 36.3 Å². The fourth-order valence-electron chi connectivity index (χ4n) is 1.26. The van der Waals surface area contributed by atoms with Gasteiger partial charge in [0.25, 0.3) is 0 Å². The molecule has 0 aliphatic carbocycles. The minimum absolute atomic E-state index is 0.128. The number of nitrogen functional groups attached to an aromatic ring is 1. The van der Waals surface area contributed by atoms with Crippen LogP contribution < -0.4 is 15.8 Å². The van der Waals surface area contributed by atoms with E-state index in [0.29, 0.717) is 30.6 Å². The number of methoxy groups -OCH3 is 1. The zero-order chi connectivity index (χ0) is 12.0. The molecule has 0 fully saturated rings. The van der Waals surface area contributed by atoms with Gasteiger partial charge in [0.1, 0.15) is 6.33 Å². The molecule has 1 unspecified atom stereocenters. The van der Waals surface area contributed by atoms with Gasteiger partial charge in [0.15, 0.2) is 11.6 Å². The highest BCUT2D eigenvalue weighted by molar-refractivity contribution is 5.61. The van der Waals surface area contributed by atoms with E-state index in [4.69, 9.17) is 15.2 Å². The Morgan fingerprint density at radius 1 is 1.50 bits per heavy atom. The molecule has 0 radical (unpaired) electrons. The summed E-state index contributed by atoms with van der Waals surface area (Å²) in [6.07, 6.45) is 1.40. The van der Waals surface area contributed by atoms with Crippen molar-refractivity contribution >= 4 is 11.6 Å². The summed E-state index contributed by atoms with van der Waals surface area (Å²) < 4.78 is 10.4. The van der Waals surface area contributed by atoms with Gasteiger partial charge in [-0.1, -0.05) is 0 Å². The molecule has 0 amide bonds. The average molecular weight is 226 g/mol. The van der Waals surface area contributed by atoms with E-state index >= 15 is 0 Å². The van der Waals surface area contributed by atoms with E-state index in [2.05, 4.69) is 15.3 Å². The fourth-order valence-corrected chi connectivity index (χ4v) is 1.26. The lowest BCUT2D eigenvalue weighted by molar-refractivity contribution is 0.141. The molecule has 1 aromatic heterocycles. The third-order valence-electron chi connectivity index (χ3n) is 1.99. The smallest absolute Gasteiger partial charge is 0.203 e. The molecule has 90 valence electrons. The summed E-state index contributed by atoms with van der Waals surface area (Å²) >= 11 is 0. The van der Waals surface area contributed by atoms with Crippen molar-refractivity contribution in [3.63, 3.8) is 0 Å². The number of ether oxygens (including phenoxy) is 2. The van der Waals surface area contributed by atoms with Crippen LogP contribution in [0.1, 0.15) is 13.8 Å². The Balaban J connectivity index is 2.69. The molecular formula is C10H18N4O2. The van der Waals surface area contributed by atoms with E-state index in [1.807, 2.05) is 13.8 Å². The Bertz CT molecular complexity index is 333. The number of nitrogens with zero attached hydrogens (tertiary/aromatic N) is 2. The highest BCUT2D eigenvalue weighted by atomic mass is 16.5. The number of nitrogens with two attached hydrogens (primary N) is 1. The van der Waals surface area contributed by atoms with Gasteiger partial charge in [-0.3, -0.25) is 0 Å². The molecule has 1 atom stereocenters.